The number of hydrogen-bond donors (Lipinski definition) is 1. The van der Waals surface area contributed by atoms with Crippen molar-refractivity contribution < 1.29 is 4.79 Å². The molecule has 2 aromatic heterocycles. The highest BCUT2D eigenvalue weighted by Crippen LogP contribution is 2.33. The molecule has 0 bridgehead atoms. The number of fused-ring (bicyclic) bond motifs is 1. The van der Waals surface area contributed by atoms with E-state index in [2.05, 4.69) is 22.3 Å². The van der Waals surface area contributed by atoms with Gasteiger partial charge in [0.2, 0.25) is 0 Å². The molecule has 2 heterocycles. The van der Waals surface area contributed by atoms with Crippen molar-refractivity contribution >= 4 is 22.4 Å². The van der Waals surface area contributed by atoms with Gasteiger partial charge in [-0.1, -0.05) is 13.3 Å². The Labute approximate surface area is 128 Å². The average Bonchev–Trinajstić information content (AvgIpc) is 3.14. The Balaban J connectivity index is 1.69. The zero-order valence-corrected chi connectivity index (χ0v) is 13.2. The van der Waals surface area contributed by atoms with Crippen LogP contribution in [0.5, 0.6) is 0 Å². The second-order valence-corrected chi connectivity index (χ2v) is 6.64. The lowest BCUT2D eigenvalue weighted by atomic mass is 9.89. The van der Waals surface area contributed by atoms with E-state index < -0.39 is 0 Å². The van der Waals surface area contributed by atoms with E-state index in [1.807, 2.05) is 13.0 Å². The van der Waals surface area contributed by atoms with Crippen LogP contribution in [0.25, 0.3) is 0 Å². The Morgan fingerprint density at radius 1 is 1.62 bits per heavy atom. The van der Waals surface area contributed by atoms with Crippen LogP contribution >= 0.6 is 11.3 Å². The summed E-state index contributed by atoms with van der Waals surface area (Å²) in [6.07, 6.45) is 8.04. The normalized spacial score (nSPS) is 19.0. The maximum absolute atomic E-state index is 12.2. The zero-order valence-electron chi connectivity index (χ0n) is 12.4. The van der Waals surface area contributed by atoms with Gasteiger partial charge in [-0.2, -0.15) is 5.10 Å². The maximum atomic E-state index is 12.2. The number of carbonyl (C=O) groups excluding carboxylic acids is 1. The molecule has 0 unspecified atom stereocenters. The van der Waals surface area contributed by atoms with Gasteiger partial charge in [0, 0.05) is 17.3 Å². The van der Waals surface area contributed by atoms with Crippen molar-refractivity contribution in [1.82, 2.24) is 14.8 Å². The van der Waals surface area contributed by atoms with Crippen molar-refractivity contribution in [2.75, 3.05) is 5.32 Å². The van der Waals surface area contributed by atoms with Crippen LogP contribution < -0.4 is 5.32 Å². The lowest BCUT2D eigenvalue weighted by molar-refractivity contribution is -0.119. The van der Waals surface area contributed by atoms with Crippen molar-refractivity contribution in [2.24, 2.45) is 5.92 Å². The van der Waals surface area contributed by atoms with E-state index in [1.165, 1.54) is 23.4 Å². The minimum absolute atomic E-state index is 0.0724. The van der Waals surface area contributed by atoms with Crippen molar-refractivity contribution in [1.29, 1.82) is 0 Å². The molecule has 1 amide bonds. The standard InChI is InChI=1S/C15H20N4OS/c1-3-11-5-6-12-13(9-11)21-15(17-12)18-14(20)10(2)19-8-4-7-16-19/h4,7-8,10-11H,3,5-6,9H2,1-2H3,(H,17,18,20)/t10-,11+/m1/s1. The number of aromatic nitrogens is 3. The smallest absolute Gasteiger partial charge is 0.250 e. The molecule has 0 fully saturated rings. The first-order chi connectivity index (χ1) is 10.2. The van der Waals surface area contributed by atoms with Crippen LogP contribution in [-0.2, 0) is 17.6 Å². The molecular formula is C15H20N4OS. The van der Waals surface area contributed by atoms with E-state index in [-0.39, 0.29) is 11.9 Å². The Morgan fingerprint density at radius 3 is 3.19 bits per heavy atom. The molecule has 0 aliphatic heterocycles. The SMILES string of the molecule is CC[C@H]1CCc2nc(NC(=O)[C@@H](C)n3cccn3)sc2C1. The third kappa shape index (κ3) is 3.00. The number of amides is 1. The van der Waals surface area contributed by atoms with E-state index >= 15 is 0 Å². The van der Waals surface area contributed by atoms with Gasteiger partial charge < -0.3 is 5.32 Å². The van der Waals surface area contributed by atoms with E-state index in [0.717, 1.165) is 23.9 Å². The van der Waals surface area contributed by atoms with Gasteiger partial charge in [-0.15, -0.1) is 11.3 Å². The van der Waals surface area contributed by atoms with E-state index in [0.29, 0.717) is 0 Å². The van der Waals surface area contributed by atoms with Gasteiger partial charge in [0.1, 0.15) is 6.04 Å². The molecule has 2 aromatic rings. The van der Waals surface area contributed by atoms with Crippen LogP contribution in [0.1, 0.15) is 43.3 Å². The summed E-state index contributed by atoms with van der Waals surface area (Å²) in [5.41, 5.74) is 1.17. The number of nitrogens with one attached hydrogen (secondary N) is 1. The number of rotatable bonds is 4. The molecule has 3 rings (SSSR count). The number of aryl methyl sites for hydroxylation is 1. The van der Waals surface area contributed by atoms with Crippen LogP contribution in [0.2, 0.25) is 0 Å². The van der Waals surface area contributed by atoms with Gasteiger partial charge in [-0.3, -0.25) is 9.48 Å². The molecule has 1 aliphatic rings. The fourth-order valence-corrected chi connectivity index (χ4v) is 3.81. The van der Waals surface area contributed by atoms with Gasteiger partial charge in [-0.25, -0.2) is 4.98 Å². The van der Waals surface area contributed by atoms with Crippen LogP contribution in [-0.4, -0.2) is 20.7 Å². The van der Waals surface area contributed by atoms with E-state index in [9.17, 15) is 4.79 Å². The average molecular weight is 304 g/mol. The van der Waals surface area contributed by atoms with Gasteiger partial charge in [-0.05, 0) is 38.2 Å². The molecule has 112 valence electrons. The topological polar surface area (TPSA) is 59.8 Å². The Bertz CT molecular complexity index is 620. The lowest BCUT2D eigenvalue weighted by Gasteiger charge is -2.18. The van der Waals surface area contributed by atoms with Crippen molar-refractivity contribution in [3.63, 3.8) is 0 Å². The predicted octanol–water partition coefficient (Wildman–Crippen LogP) is 3.05. The van der Waals surface area contributed by atoms with Crippen molar-refractivity contribution in [3.8, 4) is 0 Å². The lowest BCUT2D eigenvalue weighted by Crippen LogP contribution is -2.23. The summed E-state index contributed by atoms with van der Waals surface area (Å²) in [7, 11) is 0. The molecular weight excluding hydrogens is 284 g/mol. The third-order valence-corrected chi connectivity index (χ3v) is 5.19. The highest BCUT2D eigenvalue weighted by molar-refractivity contribution is 7.15. The first-order valence-electron chi connectivity index (χ1n) is 7.46. The summed E-state index contributed by atoms with van der Waals surface area (Å²) >= 11 is 1.62. The third-order valence-electron chi connectivity index (χ3n) is 4.15. The van der Waals surface area contributed by atoms with Crippen LogP contribution in [0.3, 0.4) is 0 Å². The summed E-state index contributed by atoms with van der Waals surface area (Å²) in [5, 5.41) is 7.75. The Morgan fingerprint density at radius 2 is 2.48 bits per heavy atom. The van der Waals surface area contributed by atoms with Gasteiger partial charge in [0.25, 0.3) is 5.91 Å². The van der Waals surface area contributed by atoms with Crippen LogP contribution in [0.4, 0.5) is 5.13 Å². The molecule has 5 nitrogen and oxygen atoms in total. The molecule has 21 heavy (non-hydrogen) atoms. The molecule has 2 atom stereocenters. The predicted molar refractivity (Wildman–Crippen MR) is 83.5 cm³/mol. The second kappa shape index (κ2) is 5.97. The first kappa shape index (κ1) is 14.3. The summed E-state index contributed by atoms with van der Waals surface area (Å²) in [6, 6.07) is 1.49. The summed E-state index contributed by atoms with van der Waals surface area (Å²) in [4.78, 5) is 18.2. The number of thiazole rings is 1. The Kier molecular flexibility index (Phi) is 4.05. The summed E-state index contributed by atoms with van der Waals surface area (Å²) in [6.45, 7) is 4.08. The molecule has 0 saturated heterocycles. The fraction of sp³-hybridized carbons (Fsp3) is 0.533. The van der Waals surface area contributed by atoms with Gasteiger partial charge in [0.05, 0.1) is 5.69 Å². The van der Waals surface area contributed by atoms with Crippen molar-refractivity contribution in [2.45, 2.75) is 45.6 Å². The highest BCUT2D eigenvalue weighted by atomic mass is 32.1. The monoisotopic (exact) mass is 304 g/mol. The van der Waals surface area contributed by atoms with Gasteiger partial charge in [0.15, 0.2) is 5.13 Å². The maximum Gasteiger partial charge on any atom is 0.250 e. The van der Waals surface area contributed by atoms with Gasteiger partial charge >= 0.3 is 0 Å². The minimum Gasteiger partial charge on any atom is -0.300 e. The second-order valence-electron chi connectivity index (χ2n) is 5.56. The van der Waals surface area contributed by atoms with Crippen molar-refractivity contribution in [3.05, 3.63) is 29.0 Å². The van der Waals surface area contributed by atoms with E-state index in [4.69, 9.17) is 0 Å². The molecule has 1 N–H and O–H groups in total. The molecule has 0 saturated carbocycles. The molecule has 0 radical (unpaired) electrons. The number of hydrogen-bond acceptors (Lipinski definition) is 4. The number of nitrogens with zero attached hydrogens (tertiary/aromatic N) is 3. The Hall–Kier alpha value is -1.69. The molecule has 6 heteroatoms. The van der Waals surface area contributed by atoms with E-state index in [1.54, 1.807) is 28.4 Å². The quantitative estimate of drug-likeness (QED) is 0.944. The molecule has 1 aliphatic carbocycles. The first-order valence-corrected chi connectivity index (χ1v) is 8.27. The summed E-state index contributed by atoms with van der Waals surface area (Å²) in [5.74, 6) is 0.696. The highest BCUT2D eigenvalue weighted by Gasteiger charge is 2.23. The molecule has 0 aromatic carbocycles. The van der Waals surface area contributed by atoms with Crippen LogP contribution in [0.15, 0.2) is 18.5 Å². The number of carbonyl (C=O) groups is 1. The summed E-state index contributed by atoms with van der Waals surface area (Å²) < 4.78 is 1.65. The zero-order chi connectivity index (χ0) is 14.8. The fourth-order valence-electron chi connectivity index (χ4n) is 2.68. The van der Waals surface area contributed by atoms with Crippen LogP contribution in [0, 0.1) is 5.92 Å². The molecule has 0 spiro atoms. The number of anilines is 1. The minimum atomic E-state index is -0.329. The largest absolute Gasteiger partial charge is 0.300 e.